The summed E-state index contributed by atoms with van der Waals surface area (Å²) in [6, 6.07) is 3.05. The van der Waals surface area contributed by atoms with Crippen molar-refractivity contribution in [2.24, 2.45) is 0 Å². The molecule has 1 heterocycles. The van der Waals surface area contributed by atoms with Crippen molar-refractivity contribution < 1.29 is 31.1 Å². The second kappa shape index (κ2) is 6.36. The molecule has 124 valence electrons. The lowest BCUT2D eigenvalue weighted by molar-refractivity contribution is -0.153. The molecule has 0 spiro atoms. The van der Waals surface area contributed by atoms with Gasteiger partial charge in [0, 0.05) is 0 Å². The number of nitrogens with one attached hydrogen (secondary N) is 1. The zero-order chi connectivity index (χ0) is 16.4. The summed E-state index contributed by atoms with van der Waals surface area (Å²) in [5, 5.41) is 3.06. The Bertz CT molecular complexity index is 505. The van der Waals surface area contributed by atoms with Gasteiger partial charge in [-0.1, -0.05) is 6.07 Å². The number of alkyl halides is 6. The van der Waals surface area contributed by atoms with Gasteiger partial charge in [-0.3, -0.25) is 0 Å². The number of ether oxygens (including phenoxy) is 1. The summed E-state index contributed by atoms with van der Waals surface area (Å²) in [4.78, 5) is 0. The largest absolute Gasteiger partial charge is 0.484 e. The summed E-state index contributed by atoms with van der Waals surface area (Å²) in [5.41, 5.74) is -0.799. The molecule has 0 saturated carbocycles. The zero-order valence-corrected chi connectivity index (χ0v) is 11.5. The Labute approximate surface area is 123 Å². The first-order valence-corrected chi connectivity index (χ1v) is 6.78. The summed E-state index contributed by atoms with van der Waals surface area (Å²) >= 11 is 0. The van der Waals surface area contributed by atoms with Gasteiger partial charge < -0.3 is 10.1 Å². The third kappa shape index (κ3) is 4.53. The topological polar surface area (TPSA) is 21.3 Å². The van der Waals surface area contributed by atoms with Gasteiger partial charge in [0.1, 0.15) is 5.75 Å². The van der Waals surface area contributed by atoms with Crippen molar-refractivity contribution in [3.63, 3.8) is 0 Å². The van der Waals surface area contributed by atoms with E-state index in [9.17, 15) is 26.3 Å². The molecule has 0 unspecified atom stereocenters. The van der Waals surface area contributed by atoms with Gasteiger partial charge in [0.25, 0.3) is 0 Å². The molecule has 1 saturated heterocycles. The van der Waals surface area contributed by atoms with E-state index in [1.807, 2.05) is 0 Å². The van der Waals surface area contributed by atoms with Gasteiger partial charge in [0.2, 0.25) is 0 Å². The van der Waals surface area contributed by atoms with Crippen molar-refractivity contribution in [3.05, 3.63) is 29.3 Å². The second-order valence-corrected chi connectivity index (χ2v) is 5.17. The Balaban J connectivity index is 2.26. The van der Waals surface area contributed by atoms with Crippen LogP contribution in [0.4, 0.5) is 26.3 Å². The van der Waals surface area contributed by atoms with Crippen molar-refractivity contribution in [3.8, 4) is 5.75 Å². The number of benzene rings is 1. The lowest BCUT2D eigenvalue weighted by atomic mass is 9.87. The molecule has 0 amide bonds. The van der Waals surface area contributed by atoms with Gasteiger partial charge in [-0.2, -0.15) is 26.3 Å². The van der Waals surface area contributed by atoms with E-state index in [1.54, 1.807) is 0 Å². The molecule has 1 N–H and O–H groups in total. The third-order valence-electron chi connectivity index (χ3n) is 3.51. The maximum atomic E-state index is 13.2. The standard InChI is InChI=1S/C14H15F6NO/c15-13(16,17)8-22-10-1-2-11(9-3-5-21-6-4-9)12(7-10)14(18,19)20/h1-2,7,9,21H,3-6,8H2. The first-order valence-electron chi connectivity index (χ1n) is 6.78. The van der Waals surface area contributed by atoms with Gasteiger partial charge in [-0.25, -0.2) is 0 Å². The highest BCUT2D eigenvalue weighted by Crippen LogP contribution is 2.40. The first kappa shape index (κ1) is 16.9. The summed E-state index contributed by atoms with van der Waals surface area (Å²) < 4.78 is 80.2. The maximum absolute atomic E-state index is 13.2. The van der Waals surface area contributed by atoms with Crippen LogP contribution in [-0.2, 0) is 6.18 Å². The molecule has 0 radical (unpaired) electrons. The van der Waals surface area contributed by atoms with Crippen LogP contribution in [0.3, 0.4) is 0 Å². The van der Waals surface area contributed by atoms with Crippen LogP contribution >= 0.6 is 0 Å². The summed E-state index contributed by atoms with van der Waals surface area (Å²) in [6.45, 7) is -0.375. The van der Waals surface area contributed by atoms with Crippen LogP contribution in [0.2, 0.25) is 0 Å². The van der Waals surface area contributed by atoms with E-state index < -0.39 is 30.3 Å². The van der Waals surface area contributed by atoms with E-state index in [0.717, 1.165) is 0 Å². The van der Waals surface area contributed by atoms with Crippen LogP contribution in [-0.4, -0.2) is 25.9 Å². The predicted octanol–water partition coefficient (Wildman–Crippen LogP) is 4.11. The normalized spacial score (nSPS) is 17.5. The number of hydrogen-bond acceptors (Lipinski definition) is 2. The summed E-state index contributed by atoms with van der Waals surface area (Å²) in [5.74, 6) is -0.683. The molecular formula is C14H15F6NO. The second-order valence-electron chi connectivity index (χ2n) is 5.17. The lowest BCUT2D eigenvalue weighted by Crippen LogP contribution is -2.28. The molecule has 0 bridgehead atoms. The Morgan fingerprint density at radius 2 is 1.68 bits per heavy atom. The Morgan fingerprint density at radius 1 is 1.05 bits per heavy atom. The van der Waals surface area contributed by atoms with E-state index in [-0.39, 0.29) is 11.5 Å². The Morgan fingerprint density at radius 3 is 2.23 bits per heavy atom. The smallest absolute Gasteiger partial charge is 0.422 e. The highest BCUT2D eigenvalue weighted by atomic mass is 19.4. The van der Waals surface area contributed by atoms with E-state index in [4.69, 9.17) is 0 Å². The number of halogens is 6. The van der Waals surface area contributed by atoms with Crippen LogP contribution in [0.15, 0.2) is 18.2 Å². The minimum atomic E-state index is -4.63. The van der Waals surface area contributed by atoms with Gasteiger partial charge >= 0.3 is 12.4 Å². The SMILES string of the molecule is FC(F)(F)COc1ccc(C2CCNCC2)c(C(F)(F)F)c1. The molecule has 8 heteroatoms. The molecule has 1 aromatic carbocycles. The molecule has 1 fully saturated rings. The Hall–Kier alpha value is -1.44. The average molecular weight is 327 g/mol. The van der Waals surface area contributed by atoms with Crippen LogP contribution in [0.25, 0.3) is 0 Å². The number of rotatable bonds is 3. The van der Waals surface area contributed by atoms with Gasteiger partial charge in [0.05, 0.1) is 5.56 Å². The number of piperidine rings is 1. The molecular weight excluding hydrogens is 312 g/mol. The fraction of sp³-hybridized carbons (Fsp3) is 0.571. The maximum Gasteiger partial charge on any atom is 0.422 e. The quantitative estimate of drug-likeness (QED) is 0.844. The summed E-state index contributed by atoms with van der Waals surface area (Å²) in [6.07, 6.45) is -8.10. The van der Waals surface area contributed by atoms with Crippen molar-refractivity contribution in [1.29, 1.82) is 0 Å². The van der Waals surface area contributed by atoms with Crippen molar-refractivity contribution in [2.75, 3.05) is 19.7 Å². The molecule has 22 heavy (non-hydrogen) atoms. The highest BCUT2D eigenvalue weighted by molar-refractivity contribution is 5.40. The van der Waals surface area contributed by atoms with Crippen molar-refractivity contribution in [1.82, 2.24) is 5.32 Å². The molecule has 0 atom stereocenters. The van der Waals surface area contributed by atoms with E-state index in [0.29, 0.717) is 32.0 Å². The van der Waals surface area contributed by atoms with Crippen molar-refractivity contribution >= 4 is 0 Å². The molecule has 2 nitrogen and oxygen atoms in total. The minimum Gasteiger partial charge on any atom is -0.484 e. The molecule has 1 aromatic rings. The minimum absolute atomic E-state index is 0.119. The fourth-order valence-corrected chi connectivity index (χ4v) is 2.52. The zero-order valence-electron chi connectivity index (χ0n) is 11.5. The molecule has 2 rings (SSSR count). The van der Waals surface area contributed by atoms with Crippen LogP contribution < -0.4 is 10.1 Å². The molecule has 1 aliphatic heterocycles. The summed E-state index contributed by atoms with van der Waals surface area (Å²) in [7, 11) is 0. The molecule has 0 aliphatic carbocycles. The van der Waals surface area contributed by atoms with Crippen molar-refractivity contribution in [2.45, 2.75) is 31.1 Å². The fourth-order valence-electron chi connectivity index (χ4n) is 2.52. The van der Waals surface area contributed by atoms with E-state index in [2.05, 4.69) is 10.1 Å². The number of hydrogen-bond donors (Lipinski definition) is 1. The highest BCUT2D eigenvalue weighted by Gasteiger charge is 2.36. The van der Waals surface area contributed by atoms with Gasteiger partial charge in [-0.15, -0.1) is 0 Å². The van der Waals surface area contributed by atoms with Crippen LogP contribution in [0.1, 0.15) is 29.9 Å². The Kier molecular flexibility index (Phi) is 4.89. The van der Waals surface area contributed by atoms with Crippen LogP contribution in [0.5, 0.6) is 5.75 Å². The molecule has 0 aromatic heterocycles. The average Bonchev–Trinajstić information content (AvgIpc) is 2.44. The lowest BCUT2D eigenvalue weighted by Gasteiger charge is -2.26. The third-order valence-corrected chi connectivity index (χ3v) is 3.51. The first-order chi connectivity index (χ1) is 10.2. The monoisotopic (exact) mass is 327 g/mol. The van der Waals surface area contributed by atoms with Crippen LogP contribution in [0, 0.1) is 0 Å². The molecule has 1 aliphatic rings. The van der Waals surface area contributed by atoms with Gasteiger partial charge in [-0.05, 0) is 49.5 Å². The van der Waals surface area contributed by atoms with Gasteiger partial charge in [0.15, 0.2) is 6.61 Å². The van der Waals surface area contributed by atoms with E-state index in [1.165, 1.54) is 12.1 Å². The predicted molar refractivity (Wildman–Crippen MR) is 67.8 cm³/mol. The van der Waals surface area contributed by atoms with E-state index >= 15 is 0 Å².